The smallest absolute Gasteiger partial charge is 0.161 e. The highest BCUT2D eigenvalue weighted by Gasteiger charge is 2.07. The molecule has 3 N–H and O–H groups in total. The Morgan fingerprint density at radius 1 is 1.33 bits per heavy atom. The molecule has 1 aromatic carbocycles. The number of benzene rings is 1. The average molecular weight is 252 g/mol. The summed E-state index contributed by atoms with van der Waals surface area (Å²) < 4.78 is 27.6. The molecule has 0 aliphatic heterocycles. The zero-order valence-corrected chi connectivity index (χ0v) is 9.95. The lowest BCUT2D eigenvalue weighted by atomic mass is 10.2. The van der Waals surface area contributed by atoms with Gasteiger partial charge in [0.25, 0.3) is 0 Å². The van der Waals surface area contributed by atoms with Crippen molar-refractivity contribution in [2.75, 3.05) is 17.6 Å². The Morgan fingerprint density at radius 3 is 2.72 bits per heavy atom. The van der Waals surface area contributed by atoms with Crippen LogP contribution in [0.15, 0.2) is 24.4 Å². The number of rotatable bonds is 4. The minimum Gasteiger partial charge on any atom is -0.397 e. The summed E-state index contributed by atoms with van der Waals surface area (Å²) in [7, 11) is 1.84. The second-order valence-corrected chi connectivity index (χ2v) is 4.01. The van der Waals surface area contributed by atoms with E-state index in [0.29, 0.717) is 18.7 Å². The second-order valence-electron chi connectivity index (χ2n) is 4.01. The summed E-state index contributed by atoms with van der Waals surface area (Å²) in [6.07, 6.45) is 2.53. The molecular weight excluding hydrogens is 238 g/mol. The first kappa shape index (κ1) is 12.3. The number of nitrogen functional groups attached to an aromatic ring is 1. The average Bonchev–Trinajstić information content (AvgIpc) is 2.71. The fraction of sp³-hybridized carbons (Fsp3) is 0.250. The molecule has 0 amide bonds. The lowest BCUT2D eigenvalue weighted by Gasteiger charge is -2.09. The summed E-state index contributed by atoms with van der Waals surface area (Å²) >= 11 is 0. The zero-order chi connectivity index (χ0) is 13.1. The molecule has 0 bridgehead atoms. The predicted molar refractivity (Wildman–Crippen MR) is 66.2 cm³/mol. The lowest BCUT2D eigenvalue weighted by Crippen LogP contribution is -2.08. The van der Waals surface area contributed by atoms with E-state index in [1.54, 1.807) is 4.68 Å². The van der Waals surface area contributed by atoms with Crippen LogP contribution in [0.2, 0.25) is 0 Å². The Labute approximate surface area is 103 Å². The third-order valence-electron chi connectivity index (χ3n) is 2.56. The van der Waals surface area contributed by atoms with Gasteiger partial charge in [-0.25, -0.2) is 8.78 Å². The van der Waals surface area contributed by atoms with E-state index in [1.165, 1.54) is 0 Å². The third-order valence-corrected chi connectivity index (χ3v) is 2.56. The van der Waals surface area contributed by atoms with Crippen molar-refractivity contribution < 1.29 is 8.78 Å². The molecule has 18 heavy (non-hydrogen) atoms. The van der Waals surface area contributed by atoms with Gasteiger partial charge in [-0.1, -0.05) is 0 Å². The maximum absolute atomic E-state index is 13.0. The van der Waals surface area contributed by atoms with Crippen LogP contribution in [0, 0.1) is 11.6 Å². The summed E-state index contributed by atoms with van der Waals surface area (Å²) in [5, 5.41) is 7.17. The minimum absolute atomic E-state index is 0.190. The van der Waals surface area contributed by atoms with E-state index < -0.39 is 11.6 Å². The number of hydrogen-bond donors (Lipinski definition) is 2. The van der Waals surface area contributed by atoms with Gasteiger partial charge in [-0.3, -0.25) is 4.68 Å². The molecule has 0 fully saturated rings. The molecule has 1 aromatic heterocycles. The van der Waals surface area contributed by atoms with Crippen LogP contribution >= 0.6 is 0 Å². The largest absolute Gasteiger partial charge is 0.397 e. The minimum atomic E-state index is -0.942. The van der Waals surface area contributed by atoms with Gasteiger partial charge in [-0.2, -0.15) is 5.10 Å². The van der Waals surface area contributed by atoms with Crippen molar-refractivity contribution in [2.45, 2.75) is 6.42 Å². The summed E-state index contributed by atoms with van der Waals surface area (Å²) in [4.78, 5) is 0. The van der Waals surface area contributed by atoms with Crippen molar-refractivity contribution in [1.29, 1.82) is 0 Å². The van der Waals surface area contributed by atoms with E-state index in [-0.39, 0.29) is 5.69 Å². The van der Waals surface area contributed by atoms with Gasteiger partial charge in [0.2, 0.25) is 0 Å². The lowest BCUT2D eigenvalue weighted by molar-refractivity contribution is 0.509. The Morgan fingerprint density at radius 2 is 2.06 bits per heavy atom. The molecule has 0 saturated heterocycles. The van der Waals surface area contributed by atoms with Crippen LogP contribution in [0.5, 0.6) is 0 Å². The van der Waals surface area contributed by atoms with Gasteiger partial charge in [-0.15, -0.1) is 0 Å². The topological polar surface area (TPSA) is 55.9 Å². The Kier molecular flexibility index (Phi) is 3.45. The Balaban J connectivity index is 1.96. The number of hydrogen-bond acceptors (Lipinski definition) is 3. The fourth-order valence-corrected chi connectivity index (χ4v) is 1.64. The van der Waals surface area contributed by atoms with Crippen LogP contribution in [0.25, 0.3) is 0 Å². The van der Waals surface area contributed by atoms with Crippen molar-refractivity contribution in [2.24, 2.45) is 7.05 Å². The van der Waals surface area contributed by atoms with Gasteiger partial charge in [0, 0.05) is 38.3 Å². The van der Waals surface area contributed by atoms with Gasteiger partial charge in [-0.05, 0) is 6.07 Å². The Bertz CT molecular complexity index is 551. The summed E-state index contributed by atoms with van der Waals surface area (Å²) in [6.45, 7) is 0.548. The first-order valence-corrected chi connectivity index (χ1v) is 5.53. The molecule has 0 aliphatic rings. The van der Waals surface area contributed by atoms with Gasteiger partial charge < -0.3 is 11.1 Å². The van der Waals surface area contributed by atoms with Gasteiger partial charge >= 0.3 is 0 Å². The molecule has 6 heteroatoms. The maximum Gasteiger partial charge on any atom is 0.161 e. The van der Waals surface area contributed by atoms with Crippen LogP contribution in [0.3, 0.4) is 0 Å². The normalized spacial score (nSPS) is 10.6. The van der Waals surface area contributed by atoms with Gasteiger partial charge in [0.15, 0.2) is 11.6 Å². The molecule has 0 saturated carbocycles. The van der Waals surface area contributed by atoms with E-state index in [4.69, 9.17) is 5.73 Å². The quantitative estimate of drug-likeness (QED) is 0.817. The van der Waals surface area contributed by atoms with Gasteiger partial charge in [0.1, 0.15) is 0 Å². The molecule has 2 aromatic rings. The van der Waals surface area contributed by atoms with Gasteiger partial charge in [0.05, 0.1) is 17.1 Å². The molecular formula is C12H14F2N4. The second kappa shape index (κ2) is 5.03. The first-order chi connectivity index (χ1) is 8.56. The third kappa shape index (κ3) is 2.77. The molecule has 1 heterocycles. The number of aryl methyl sites for hydroxylation is 1. The summed E-state index contributed by atoms with van der Waals surface area (Å²) in [5.41, 5.74) is 7.09. The highest BCUT2D eigenvalue weighted by molar-refractivity contribution is 5.66. The SMILES string of the molecule is Cn1ccc(CCNc2cc(F)c(F)cc2N)n1. The van der Waals surface area contributed by atoms with Crippen LogP contribution < -0.4 is 11.1 Å². The number of nitrogens with one attached hydrogen (secondary N) is 1. The maximum atomic E-state index is 13.0. The highest BCUT2D eigenvalue weighted by Crippen LogP contribution is 2.21. The van der Waals surface area contributed by atoms with Crippen molar-refractivity contribution in [3.63, 3.8) is 0 Å². The molecule has 0 radical (unpaired) electrons. The Hall–Kier alpha value is -2.11. The van der Waals surface area contributed by atoms with E-state index in [1.807, 2.05) is 19.3 Å². The van der Waals surface area contributed by atoms with Crippen molar-refractivity contribution in [3.8, 4) is 0 Å². The van der Waals surface area contributed by atoms with Crippen molar-refractivity contribution in [3.05, 3.63) is 41.7 Å². The number of halogens is 2. The fourth-order valence-electron chi connectivity index (χ4n) is 1.64. The van der Waals surface area contributed by atoms with Crippen LogP contribution in [0.4, 0.5) is 20.2 Å². The predicted octanol–water partition coefficient (Wildman–Crippen LogP) is 1.94. The van der Waals surface area contributed by atoms with E-state index in [9.17, 15) is 8.78 Å². The molecule has 0 atom stereocenters. The number of nitrogens with two attached hydrogens (primary N) is 1. The van der Waals surface area contributed by atoms with Crippen molar-refractivity contribution >= 4 is 11.4 Å². The summed E-state index contributed by atoms with van der Waals surface area (Å²) in [5.74, 6) is -1.85. The zero-order valence-electron chi connectivity index (χ0n) is 9.95. The van der Waals surface area contributed by atoms with Crippen LogP contribution in [-0.4, -0.2) is 16.3 Å². The van der Waals surface area contributed by atoms with Crippen LogP contribution in [-0.2, 0) is 13.5 Å². The standard InChI is InChI=1S/C12H14F2N4/c1-18-5-3-8(17-18)2-4-16-12-7-10(14)9(13)6-11(12)15/h3,5-7,16H,2,4,15H2,1H3. The van der Waals surface area contributed by atoms with E-state index in [0.717, 1.165) is 17.8 Å². The molecule has 96 valence electrons. The molecule has 4 nitrogen and oxygen atoms in total. The number of nitrogens with zero attached hydrogens (tertiary/aromatic N) is 2. The number of anilines is 2. The molecule has 0 unspecified atom stereocenters. The van der Waals surface area contributed by atoms with E-state index in [2.05, 4.69) is 10.4 Å². The number of aromatic nitrogens is 2. The molecule has 2 rings (SSSR count). The molecule has 0 aliphatic carbocycles. The summed E-state index contributed by atoms with van der Waals surface area (Å²) in [6, 6.07) is 3.93. The highest BCUT2D eigenvalue weighted by atomic mass is 19.2. The monoisotopic (exact) mass is 252 g/mol. The molecule has 0 spiro atoms. The van der Waals surface area contributed by atoms with E-state index >= 15 is 0 Å². The van der Waals surface area contributed by atoms with Crippen LogP contribution in [0.1, 0.15) is 5.69 Å². The first-order valence-electron chi connectivity index (χ1n) is 5.53. The van der Waals surface area contributed by atoms with Crippen molar-refractivity contribution in [1.82, 2.24) is 9.78 Å².